The van der Waals surface area contributed by atoms with Gasteiger partial charge in [0.25, 0.3) is 5.91 Å². The van der Waals surface area contributed by atoms with Crippen LogP contribution in [0.3, 0.4) is 0 Å². The Morgan fingerprint density at radius 2 is 2.08 bits per heavy atom. The molecule has 1 fully saturated rings. The van der Waals surface area contributed by atoms with Gasteiger partial charge in [0.05, 0.1) is 0 Å². The normalized spacial score (nSPS) is 14.1. The third-order valence-corrected chi connectivity index (χ3v) is 4.75. The van der Waals surface area contributed by atoms with E-state index < -0.39 is 0 Å². The van der Waals surface area contributed by atoms with E-state index in [1.54, 1.807) is 17.0 Å². The van der Waals surface area contributed by atoms with Crippen molar-refractivity contribution < 1.29 is 14.3 Å². The lowest BCUT2D eigenvalue weighted by molar-refractivity contribution is -0.118. The number of anilines is 2. The minimum atomic E-state index is -0.281. The molecule has 2 aromatic rings. The van der Waals surface area contributed by atoms with Crippen LogP contribution in [0.25, 0.3) is 0 Å². The lowest BCUT2D eigenvalue weighted by Gasteiger charge is -2.16. The standard InChI is InChI=1S/C18H22N4O3S/c1-12(2)10-16-20-21-18(26-16)19-15(23)11-25-14-7-5-13(6-8-14)22-9-3-4-17(22)24/h5-8,12H,3-4,9-11H2,1-2H3,(H,19,21,23). The van der Waals surface area contributed by atoms with Crippen LogP contribution in [0.15, 0.2) is 24.3 Å². The average molecular weight is 374 g/mol. The predicted octanol–water partition coefficient (Wildman–Crippen LogP) is 2.88. The van der Waals surface area contributed by atoms with Gasteiger partial charge in [-0.3, -0.25) is 14.9 Å². The molecule has 0 radical (unpaired) electrons. The molecule has 0 aliphatic carbocycles. The van der Waals surface area contributed by atoms with Crippen molar-refractivity contribution >= 4 is 34.0 Å². The highest BCUT2D eigenvalue weighted by atomic mass is 32.1. The lowest BCUT2D eigenvalue weighted by Crippen LogP contribution is -2.23. The molecule has 2 heterocycles. The van der Waals surface area contributed by atoms with Gasteiger partial charge in [-0.25, -0.2) is 0 Å². The Labute approximate surface area is 156 Å². The van der Waals surface area contributed by atoms with Gasteiger partial charge in [0.2, 0.25) is 11.0 Å². The molecule has 2 amide bonds. The maximum Gasteiger partial charge on any atom is 0.264 e. The van der Waals surface area contributed by atoms with Crippen LogP contribution in [-0.2, 0) is 16.0 Å². The first kappa shape index (κ1) is 18.3. The van der Waals surface area contributed by atoms with Crippen LogP contribution < -0.4 is 15.0 Å². The topological polar surface area (TPSA) is 84.4 Å². The Balaban J connectivity index is 1.48. The van der Waals surface area contributed by atoms with E-state index in [0.29, 0.717) is 23.2 Å². The summed E-state index contributed by atoms with van der Waals surface area (Å²) in [5.41, 5.74) is 0.857. The quantitative estimate of drug-likeness (QED) is 0.805. The van der Waals surface area contributed by atoms with Gasteiger partial charge < -0.3 is 9.64 Å². The zero-order valence-electron chi connectivity index (χ0n) is 14.9. The van der Waals surface area contributed by atoms with Crippen LogP contribution >= 0.6 is 11.3 Å². The Morgan fingerprint density at radius 3 is 2.73 bits per heavy atom. The number of ether oxygens (including phenoxy) is 1. The molecule has 1 aliphatic heterocycles. The number of amides is 2. The van der Waals surface area contributed by atoms with Gasteiger partial charge >= 0.3 is 0 Å². The van der Waals surface area contributed by atoms with Crippen molar-refractivity contribution in [1.82, 2.24) is 10.2 Å². The Hall–Kier alpha value is -2.48. The summed E-state index contributed by atoms with van der Waals surface area (Å²) in [4.78, 5) is 25.5. The smallest absolute Gasteiger partial charge is 0.264 e. The summed E-state index contributed by atoms with van der Waals surface area (Å²) in [6.07, 6.45) is 2.33. The fourth-order valence-electron chi connectivity index (χ4n) is 2.68. The lowest BCUT2D eigenvalue weighted by atomic mass is 10.1. The molecule has 3 rings (SSSR count). The van der Waals surface area contributed by atoms with E-state index in [2.05, 4.69) is 29.4 Å². The van der Waals surface area contributed by atoms with E-state index in [-0.39, 0.29) is 18.4 Å². The zero-order chi connectivity index (χ0) is 18.5. The minimum Gasteiger partial charge on any atom is -0.484 e. The largest absolute Gasteiger partial charge is 0.484 e. The van der Waals surface area contributed by atoms with Crippen LogP contribution in [0.5, 0.6) is 5.75 Å². The van der Waals surface area contributed by atoms with Crippen molar-refractivity contribution in [3.8, 4) is 5.75 Å². The molecule has 7 nitrogen and oxygen atoms in total. The molecule has 8 heteroatoms. The first-order valence-electron chi connectivity index (χ1n) is 8.66. The van der Waals surface area contributed by atoms with Gasteiger partial charge in [-0.15, -0.1) is 10.2 Å². The summed E-state index contributed by atoms with van der Waals surface area (Å²) < 4.78 is 5.50. The first-order chi connectivity index (χ1) is 12.5. The van der Waals surface area contributed by atoms with Gasteiger partial charge in [-0.2, -0.15) is 0 Å². The number of rotatable bonds is 7. The summed E-state index contributed by atoms with van der Waals surface area (Å²) >= 11 is 1.38. The second-order valence-corrected chi connectivity index (χ2v) is 7.64. The molecule has 1 N–H and O–H groups in total. The Bertz CT molecular complexity index is 773. The molecule has 0 unspecified atom stereocenters. The molecule has 1 saturated heterocycles. The monoisotopic (exact) mass is 374 g/mol. The number of benzene rings is 1. The van der Waals surface area contributed by atoms with E-state index in [9.17, 15) is 9.59 Å². The number of hydrogen-bond acceptors (Lipinski definition) is 6. The van der Waals surface area contributed by atoms with E-state index >= 15 is 0 Å². The first-order valence-corrected chi connectivity index (χ1v) is 9.48. The van der Waals surface area contributed by atoms with Crippen LogP contribution in [0.4, 0.5) is 10.8 Å². The summed E-state index contributed by atoms with van der Waals surface area (Å²) in [7, 11) is 0. The second-order valence-electron chi connectivity index (χ2n) is 6.58. The van der Waals surface area contributed by atoms with Gasteiger partial charge in [0.15, 0.2) is 6.61 Å². The van der Waals surface area contributed by atoms with Crippen molar-refractivity contribution in [2.75, 3.05) is 23.4 Å². The summed E-state index contributed by atoms with van der Waals surface area (Å²) in [6, 6.07) is 7.19. The molecule has 138 valence electrons. The minimum absolute atomic E-state index is 0.110. The third-order valence-electron chi connectivity index (χ3n) is 3.89. The highest BCUT2D eigenvalue weighted by Crippen LogP contribution is 2.24. The number of hydrogen-bond donors (Lipinski definition) is 1. The van der Waals surface area contributed by atoms with Gasteiger partial charge in [-0.1, -0.05) is 25.2 Å². The molecule has 1 aromatic carbocycles. The number of nitrogens with zero attached hydrogens (tertiary/aromatic N) is 3. The maximum absolute atomic E-state index is 12.0. The number of nitrogens with one attached hydrogen (secondary N) is 1. The van der Waals surface area contributed by atoms with Gasteiger partial charge in [-0.05, 0) is 36.6 Å². The van der Waals surface area contributed by atoms with E-state index in [0.717, 1.165) is 30.1 Å². The summed E-state index contributed by atoms with van der Waals surface area (Å²) in [5.74, 6) is 0.935. The highest BCUT2D eigenvalue weighted by molar-refractivity contribution is 7.15. The molecule has 1 aliphatic rings. The molecule has 0 atom stereocenters. The van der Waals surface area contributed by atoms with Crippen LogP contribution in [0, 0.1) is 5.92 Å². The molecular formula is C18H22N4O3S. The number of carbonyl (C=O) groups is 2. The van der Waals surface area contributed by atoms with Crippen LogP contribution in [0.1, 0.15) is 31.7 Å². The maximum atomic E-state index is 12.0. The van der Waals surface area contributed by atoms with Crippen molar-refractivity contribution in [3.05, 3.63) is 29.3 Å². The summed E-state index contributed by atoms with van der Waals surface area (Å²) in [5, 5.41) is 12.1. The third kappa shape index (κ3) is 4.78. The second kappa shape index (κ2) is 8.27. The van der Waals surface area contributed by atoms with Crippen molar-refractivity contribution in [3.63, 3.8) is 0 Å². The van der Waals surface area contributed by atoms with Crippen LogP contribution in [-0.4, -0.2) is 35.2 Å². The molecule has 0 bridgehead atoms. The van der Waals surface area contributed by atoms with E-state index in [1.165, 1.54) is 11.3 Å². The van der Waals surface area contributed by atoms with Gasteiger partial charge in [0, 0.05) is 25.1 Å². The molecule has 0 spiro atoms. The number of aromatic nitrogens is 2. The molecule has 0 saturated carbocycles. The SMILES string of the molecule is CC(C)Cc1nnc(NC(=O)COc2ccc(N3CCCC3=O)cc2)s1. The molecular weight excluding hydrogens is 352 g/mol. The van der Waals surface area contributed by atoms with Crippen LogP contribution in [0.2, 0.25) is 0 Å². The fraction of sp³-hybridized carbons (Fsp3) is 0.444. The van der Waals surface area contributed by atoms with Crippen molar-refractivity contribution in [2.24, 2.45) is 5.92 Å². The highest BCUT2D eigenvalue weighted by Gasteiger charge is 2.21. The Morgan fingerprint density at radius 1 is 1.31 bits per heavy atom. The molecule has 1 aromatic heterocycles. The average Bonchev–Trinajstić information content (AvgIpc) is 3.22. The fourth-order valence-corrected chi connectivity index (χ4v) is 3.65. The van der Waals surface area contributed by atoms with E-state index in [4.69, 9.17) is 4.74 Å². The zero-order valence-corrected chi connectivity index (χ0v) is 15.7. The Kier molecular flexibility index (Phi) is 5.82. The number of carbonyl (C=O) groups excluding carboxylic acids is 2. The van der Waals surface area contributed by atoms with Crippen molar-refractivity contribution in [1.29, 1.82) is 0 Å². The van der Waals surface area contributed by atoms with Crippen molar-refractivity contribution in [2.45, 2.75) is 33.1 Å². The van der Waals surface area contributed by atoms with Gasteiger partial charge in [0.1, 0.15) is 10.8 Å². The van der Waals surface area contributed by atoms with E-state index in [1.807, 2.05) is 12.1 Å². The predicted molar refractivity (Wildman–Crippen MR) is 101 cm³/mol. The molecule has 26 heavy (non-hydrogen) atoms. The summed E-state index contributed by atoms with van der Waals surface area (Å²) in [6.45, 7) is 4.86.